The Labute approximate surface area is 199 Å². The minimum Gasteiger partial charge on any atom is -0.444 e. The molecule has 32 heavy (non-hydrogen) atoms. The number of nitrogens with one attached hydrogen (secondary N) is 1. The molecule has 0 spiro atoms. The van der Waals surface area contributed by atoms with E-state index in [9.17, 15) is 4.79 Å². The van der Waals surface area contributed by atoms with Crippen molar-refractivity contribution in [1.82, 2.24) is 5.32 Å². The first-order valence-electron chi connectivity index (χ1n) is 10.7. The highest BCUT2D eigenvalue weighted by Gasteiger charge is 2.32. The zero-order valence-corrected chi connectivity index (χ0v) is 21.3. The minimum atomic E-state index is -0.585. The van der Waals surface area contributed by atoms with Crippen LogP contribution in [0, 0.1) is 13.8 Å². The summed E-state index contributed by atoms with van der Waals surface area (Å²) in [5.74, 6) is -0.119. The van der Waals surface area contributed by atoms with Crippen LogP contribution in [0.25, 0.3) is 6.08 Å². The number of aryl methyl sites for hydroxylation is 2. The predicted molar refractivity (Wildman–Crippen MR) is 133 cm³/mol. The Hall–Kier alpha value is -2.60. The average molecular weight is 499 g/mol. The molecule has 3 rings (SSSR count). The Morgan fingerprint density at radius 3 is 2.44 bits per heavy atom. The monoisotopic (exact) mass is 498 g/mol. The van der Waals surface area contributed by atoms with E-state index in [0.717, 1.165) is 32.4 Å². The molecule has 2 atom stereocenters. The molecule has 0 aliphatic heterocycles. The number of rotatable bonds is 4. The van der Waals surface area contributed by atoms with Gasteiger partial charge in [0.15, 0.2) is 0 Å². The van der Waals surface area contributed by atoms with Crippen LogP contribution in [0.3, 0.4) is 0 Å². The van der Waals surface area contributed by atoms with E-state index in [0.29, 0.717) is 0 Å². The maximum absolute atomic E-state index is 12.8. The first-order valence-corrected chi connectivity index (χ1v) is 11.5. The number of oxime groups is 1. The number of ether oxygens (including phenoxy) is 1. The van der Waals surface area contributed by atoms with Gasteiger partial charge in [-0.15, -0.1) is 0 Å². The molecular weight excluding hydrogens is 468 g/mol. The van der Waals surface area contributed by atoms with Crippen LogP contribution in [0.4, 0.5) is 4.79 Å². The van der Waals surface area contributed by atoms with Crippen LogP contribution < -0.4 is 5.32 Å². The zero-order valence-electron chi connectivity index (χ0n) is 19.7. The Morgan fingerprint density at radius 1 is 1.09 bits per heavy atom. The van der Waals surface area contributed by atoms with Crippen LogP contribution in [-0.4, -0.2) is 24.5 Å². The molecule has 0 saturated carbocycles. The number of halogens is 1. The van der Waals surface area contributed by atoms with Crippen molar-refractivity contribution in [1.29, 1.82) is 0 Å². The van der Waals surface area contributed by atoms with Gasteiger partial charge in [-0.1, -0.05) is 51.4 Å². The van der Waals surface area contributed by atoms with Gasteiger partial charge in [-0.3, -0.25) is 0 Å². The van der Waals surface area contributed by atoms with E-state index < -0.39 is 11.7 Å². The summed E-state index contributed by atoms with van der Waals surface area (Å²) in [7, 11) is 1.54. The molecule has 0 aromatic heterocycles. The smallest absolute Gasteiger partial charge is 0.408 e. The second-order valence-corrected chi connectivity index (χ2v) is 10.1. The Kier molecular flexibility index (Phi) is 7.13. The summed E-state index contributed by atoms with van der Waals surface area (Å²) in [5.41, 5.74) is 6.76. The molecule has 1 amide bonds. The summed E-state index contributed by atoms with van der Waals surface area (Å²) in [6.07, 6.45) is 3.84. The number of benzene rings is 2. The number of alkyl carbamates (subject to hydrolysis) is 1. The molecular formula is C26H31BrN2O3. The van der Waals surface area contributed by atoms with Crippen molar-refractivity contribution in [3.05, 3.63) is 74.3 Å². The lowest BCUT2D eigenvalue weighted by Crippen LogP contribution is -2.38. The van der Waals surface area contributed by atoms with E-state index in [1.165, 1.54) is 18.2 Å². The molecule has 0 saturated heterocycles. The Balaban J connectivity index is 2.14. The number of carbonyl (C=O) groups is 1. The van der Waals surface area contributed by atoms with Gasteiger partial charge in [0.2, 0.25) is 0 Å². The van der Waals surface area contributed by atoms with Crippen molar-refractivity contribution in [2.45, 2.75) is 59.1 Å². The van der Waals surface area contributed by atoms with Gasteiger partial charge in [0.1, 0.15) is 12.7 Å². The van der Waals surface area contributed by atoms with E-state index >= 15 is 0 Å². The quantitative estimate of drug-likeness (QED) is 0.371. The molecule has 2 aromatic rings. The van der Waals surface area contributed by atoms with E-state index in [1.807, 2.05) is 39.8 Å². The highest BCUT2D eigenvalue weighted by atomic mass is 79.9. The third-order valence-corrected chi connectivity index (χ3v) is 6.03. The molecule has 0 bridgehead atoms. The van der Waals surface area contributed by atoms with Gasteiger partial charge in [0.05, 0.1) is 11.8 Å². The van der Waals surface area contributed by atoms with Gasteiger partial charge < -0.3 is 14.9 Å². The minimum absolute atomic E-state index is 0.119. The number of hydrogen-bond acceptors (Lipinski definition) is 4. The van der Waals surface area contributed by atoms with Crippen molar-refractivity contribution in [3.8, 4) is 0 Å². The molecule has 0 fully saturated rings. The van der Waals surface area contributed by atoms with Gasteiger partial charge in [-0.2, -0.15) is 0 Å². The molecule has 1 unspecified atom stereocenters. The van der Waals surface area contributed by atoms with Crippen molar-refractivity contribution < 1.29 is 14.4 Å². The van der Waals surface area contributed by atoms with Crippen molar-refractivity contribution in [2.24, 2.45) is 5.16 Å². The van der Waals surface area contributed by atoms with Crippen LogP contribution in [-0.2, 0) is 9.57 Å². The molecule has 1 N–H and O–H groups in total. The Bertz CT molecular complexity index is 1080. The van der Waals surface area contributed by atoms with Crippen LogP contribution in [0.1, 0.15) is 73.0 Å². The van der Waals surface area contributed by atoms with E-state index in [1.54, 1.807) is 0 Å². The normalized spacial score (nSPS) is 18.2. The number of hydrogen-bond donors (Lipinski definition) is 1. The van der Waals surface area contributed by atoms with Gasteiger partial charge in [-0.25, -0.2) is 4.79 Å². The van der Waals surface area contributed by atoms with Gasteiger partial charge >= 0.3 is 6.09 Å². The van der Waals surface area contributed by atoms with Gasteiger partial charge in [0.25, 0.3) is 0 Å². The summed E-state index contributed by atoms with van der Waals surface area (Å²) in [6, 6.07) is 10.1. The lowest BCUT2D eigenvalue weighted by molar-refractivity contribution is 0.0499. The third-order valence-electron chi connectivity index (χ3n) is 5.54. The van der Waals surface area contributed by atoms with Gasteiger partial charge in [-0.05, 0) is 81.5 Å². The number of carbonyl (C=O) groups excluding carboxylic acids is 1. The molecule has 1 aliphatic carbocycles. The SMILES string of the molecule is CO/N=C(\C)c1ccc(Br)cc1[C@H]1C=Cc2cc(C)c(C)cc2C1NC(=O)OC(C)(C)C. The number of amides is 1. The van der Waals surface area contributed by atoms with E-state index in [4.69, 9.17) is 9.57 Å². The van der Waals surface area contributed by atoms with Crippen LogP contribution in [0.2, 0.25) is 0 Å². The highest BCUT2D eigenvalue weighted by Crippen LogP contribution is 2.42. The lowest BCUT2D eigenvalue weighted by Gasteiger charge is -2.33. The number of fused-ring (bicyclic) bond motifs is 1. The fraction of sp³-hybridized carbons (Fsp3) is 0.385. The van der Waals surface area contributed by atoms with Crippen molar-refractivity contribution in [2.75, 3.05) is 7.11 Å². The summed E-state index contributed by atoms with van der Waals surface area (Å²) >= 11 is 3.61. The molecule has 0 heterocycles. The highest BCUT2D eigenvalue weighted by molar-refractivity contribution is 9.10. The van der Waals surface area contributed by atoms with Crippen LogP contribution >= 0.6 is 15.9 Å². The summed E-state index contributed by atoms with van der Waals surface area (Å²) in [4.78, 5) is 17.9. The summed E-state index contributed by atoms with van der Waals surface area (Å²) < 4.78 is 6.56. The van der Waals surface area contributed by atoms with E-state index in [2.05, 4.69) is 70.6 Å². The first kappa shape index (κ1) is 24.1. The lowest BCUT2D eigenvalue weighted by atomic mass is 9.78. The summed E-state index contributed by atoms with van der Waals surface area (Å²) in [6.45, 7) is 11.7. The average Bonchev–Trinajstić information content (AvgIpc) is 2.68. The molecule has 6 heteroatoms. The molecule has 5 nitrogen and oxygen atoms in total. The van der Waals surface area contributed by atoms with Crippen LogP contribution in [0.5, 0.6) is 0 Å². The topological polar surface area (TPSA) is 59.9 Å². The zero-order chi connectivity index (χ0) is 23.6. The second kappa shape index (κ2) is 9.49. The molecule has 0 radical (unpaired) electrons. The second-order valence-electron chi connectivity index (χ2n) is 9.17. The number of nitrogens with zero attached hydrogens (tertiary/aromatic N) is 1. The Morgan fingerprint density at radius 2 is 1.78 bits per heavy atom. The maximum Gasteiger partial charge on any atom is 0.408 e. The van der Waals surface area contributed by atoms with Gasteiger partial charge in [0, 0.05) is 16.0 Å². The molecule has 170 valence electrons. The maximum atomic E-state index is 12.8. The fourth-order valence-corrected chi connectivity index (χ4v) is 4.38. The molecule has 2 aromatic carbocycles. The van der Waals surface area contributed by atoms with E-state index in [-0.39, 0.29) is 12.0 Å². The predicted octanol–water partition coefficient (Wildman–Crippen LogP) is 6.81. The molecule has 1 aliphatic rings. The van der Waals surface area contributed by atoms with Crippen molar-refractivity contribution >= 4 is 33.8 Å². The largest absolute Gasteiger partial charge is 0.444 e. The standard InChI is InChI=1S/C26H31BrN2O3/c1-15-12-18-8-10-21(23-14-19(27)9-11-20(23)17(3)29-31-7)24(22(18)13-16(15)2)28-25(30)32-26(4,5)6/h8-14,21,24H,1-7H3,(H,28,30)/b29-17+/t21-,24?/m1/s1. The van der Waals surface area contributed by atoms with Crippen molar-refractivity contribution in [3.63, 3.8) is 0 Å². The van der Waals surface area contributed by atoms with Crippen LogP contribution in [0.15, 0.2) is 46.0 Å². The fourth-order valence-electron chi connectivity index (χ4n) is 4.00. The first-order chi connectivity index (χ1) is 15.0. The third kappa shape index (κ3) is 5.41. The summed E-state index contributed by atoms with van der Waals surface area (Å²) in [5, 5.41) is 7.30.